The maximum Gasteiger partial charge on any atom is 0.331 e. The maximum atomic E-state index is 11.9. The van der Waals surface area contributed by atoms with Gasteiger partial charge in [0.1, 0.15) is 0 Å². The lowest BCUT2D eigenvalue weighted by atomic mass is 10.1. The second-order valence-electron chi connectivity index (χ2n) is 7.25. The molecule has 0 unspecified atom stereocenters. The number of methoxy groups -OCH3 is 1. The van der Waals surface area contributed by atoms with E-state index in [4.69, 9.17) is 9.16 Å². The van der Waals surface area contributed by atoms with Gasteiger partial charge in [0, 0.05) is 5.92 Å². The van der Waals surface area contributed by atoms with Gasteiger partial charge in [-0.3, -0.25) is 4.79 Å². The quantitative estimate of drug-likeness (QED) is 0.604. The summed E-state index contributed by atoms with van der Waals surface area (Å²) in [5.41, 5.74) is 0. The predicted octanol–water partition coefficient (Wildman–Crippen LogP) is 2.71. The second kappa shape index (κ2) is 7.40. The van der Waals surface area contributed by atoms with E-state index < -0.39 is 26.4 Å². The fraction of sp³-hybridized carbons (Fsp3) is 0.867. The number of nitrogens with one attached hydrogen (secondary N) is 1. The predicted molar refractivity (Wildman–Crippen MR) is 86.5 cm³/mol. The first-order valence-electron chi connectivity index (χ1n) is 7.39. The lowest BCUT2D eigenvalue weighted by Crippen LogP contribution is -2.54. The van der Waals surface area contributed by atoms with Crippen molar-refractivity contribution in [3.05, 3.63) is 0 Å². The number of esters is 1. The van der Waals surface area contributed by atoms with Gasteiger partial charge in [-0.25, -0.2) is 4.79 Å². The van der Waals surface area contributed by atoms with Crippen LogP contribution in [0.15, 0.2) is 0 Å². The first-order chi connectivity index (χ1) is 9.33. The van der Waals surface area contributed by atoms with E-state index in [0.29, 0.717) is 0 Å². The normalized spacial score (nSPS) is 15.5. The van der Waals surface area contributed by atoms with Crippen molar-refractivity contribution in [2.45, 2.75) is 71.8 Å². The molecular weight excluding hydrogens is 286 g/mol. The summed E-state index contributed by atoms with van der Waals surface area (Å²) in [5.74, 6) is -0.858. The molecule has 0 aromatic carbocycles. The summed E-state index contributed by atoms with van der Waals surface area (Å²) in [7, 11) is -0.711. The van der Waals surface area contributed by atoms with Crippen LogP contribution in [0.25, 0.3) is 0 Å². The van der Waals surface area contributed by atoms with Crippen LogP contribution in [-0.2, 0) is 18.8 Å². The molecule has 1 N–H and O–H groups in total. The first-order valence-corrected chi connectivity index (χ1v) is 10.3. The highest BCUT2D eigenvalue weighted by Gasteiger charge is 2.41. The highest BCUT2D eigenvalue weighted by Crippen LogP contribution is 2.37. The molecule has 6 heteroatoms. The van der Waals surface area contributed by atoms with Crippen LogP contribution in [0.5, 0.6) is 0 Å². The Morgan fingerprint density at radius 1 is 1.10 bits per heavy atom. The summed E-state index contributed by atoms with van der Waals surface area (Å²) in [6.45, 7) is 16.0. The van der Waals surface area contributed by atoms with E-state index in [1.54, 1.807) is 13.8 Å². The summed E-state index contributed by atoms with van der Waals surface area (Å²) < 4.78 is 11.0. The largest absolute Gasteiger partial charge is 0.467 e. The number of carbonyl (C=O) groups is 2. The second-order valence-corrected chi connectivity index (χ2v) is 12.0. The van der Waals surface area contributed by atoms with E-state index in [0.717, 1.165) is 0 Å². The van der Waals surface area contributed by atoms with Crippen LogP contribution in [0.2, 0.25) is 18.1 Å². The first kappa shape index (κ1) is 20.1. The minimum Gasteiger partial charge on any atom is -0.467 e. The van der Waals surface area contributed by atoms with Gasteiger partial charge in [0.05, 0.1) is 13.2 Å². The molecule has 124 valence electrons. The van der Waals surface area contributed by atoms with Crippen molar-refractivity contribution in [3.63, 3.8) is 0 Å². The molecule has 0 aliphatic rings. The topological polar surface area (TPSA) is 64.6 Å². The van der Waals surface area contributed by atoms with Gasteiger partial charge in [0.25, 0.3) is 0 Å². The number of amides is 1. The van der Waals surface area contributed by atoms with Gasteiger partial charge in [0.15, 0.2) is 14.4 Å². The van der Waals surface area contributed by atoms with Gasteiger partial charge in [-0.05, 0) is 25.1 Å². The van der Waals surface area contributed by atoms with Crippen molar-refractivity contribution in [1.29, 1.82) is 0 Å². The van der Waals surface area contributed by atoms with E-state index in [9.17, 15) is 9.59 Å². The Kier molecular flexibility index (Phi) is 7.09. The van der Waals surface area contributed by atoms with Gasteiger partial charge in [-0.15, -0.1) is 0 Å². The minimum atomic E-state index is -2.03. The fourth-order valence-electron chi connectivity index (χ4n) is 1.52. The summed E-state index contributed by atoms with van der Waals surface area (Å²) in [6.07, 6.45) is -0.430. The molecule has 0 bridgehead atoms. The van der Waals surface area contributed by atoms with Crippen molar-refractivity contribution in [3.8, 4) is 0 Å². The molecule has 21 heavy (non-hydrogen) atoms. The van der Waals surface area contributed by atoms with Crippen molar-refractivity contribution >= 4 is 20.2 Å². The molecule has 0 aliphatic heterocycles. The van der Waals surface area contributed by atoms with Crippen LogP contribution in [0.3, 0.4) is 0 Å². The molecule has 5 nitrogen and oxygen atoms in total. The third-order valence-corrected chi connectivity index (χ3v) is 8.61. The van der Waals surface area contributed by atoms with Gasteiger partial charge in [-0.2, -0.15) is 0 Å². The smallest absolute Gasteiger partial charge is 0.331 e. The van der Waals surface area contributed by atoms with Gasteiger partial charge in [-0.1, -0.05) is 34.6 Å². The Morgan fingerprint density at radius 2 is 1.57 bits per heavy atom. The van der Waals surface area contributed by atoms with E-state index >= 15 is 0 Å². The summed E-state index contributed by atoms with van der Waals surface area (Å²) in [6, 6.07) is -0.779. The molecule has 0 spiro atoms. The molecule has 0 aliphatic carbocycles. The highest BCUT2D eigenvalue weighted by molar-refractivity contribution is 6.74. The van der Waals surface area contributed by atoms with E-state index in [-0.39, 0.29) is 16.9 Å². The molecular formula is C15H31NO4Si. The summed E-state index contributed by atoms with van der Waals surface area (Å²) >= 11 is 0. The average molecular weight is 318 g/mol. The molecule has 0 rings (SSSR count). The van der Waals surface area contributed by atoms with Gasteiger partial charge in [0.2, 0.25) is 5.91 Å². The van der Waals surface area contributed by atoms with E-state index in [1.807, 2.05) is 6.92 Å². The Labute approximate surface area is 129 Å². The Bertz CT molecular complexity index is 374. The number of carbonyl (C=O) groups excluding carboxylic acids is 2. The van der Waals surface area contributed by atoms with Crippen LogP contribution >= 0.6 is 0 Å². The van der Waals surface area contributed by atoms with Gasteiger partial charge >= 0.3 is 5.97 Å². The third-order valence-electron chi connectivity index (χ3n) is 4.03. The summed E-state index contributed by atoms with van der Waals surface area (Å²) in [5, 5.41) is 2.76. The lowest BCUT2D eigenvalue weighted by molar-refractivity contribution is -0.148. The van der Waals surface area contributed by atoms with Gasteiger partial charge < -0.3 is 14.5 Å². The molecule has 0 aromatic rings. The van der Waals surface area contributed by atoms with E-state index in [1.165, 1.54) is 7.11 Å². The third kappa shape index (κ3) is 5.78. The molecule has 2 atom stereocenters. The Morgan fingerprint density at radius 3 is 1.90 bits per heavy atom. The SMILES string of the molecule is COC(=O)[C@H](NC(=O)C(C)C)[C@@H](C)O[Si](C)(C)C(C)(C)C. The molecule has 0 saturated heterocycles. The zero-order chi connectivity index (χ0) is 17.0. The van der Waals surface area contributed by atoms with Crippen molar-refractivity contribution in [1.82, 2.24) is 5.32 Å². The van der Waals surface area contributed by atoms with Crippen LogP contribution in [0.1, 0.15) is 41.5 Å². The van der Waals surface area contributed by atoms with Crippen LogP contribution in [-0.4, -0.2) is 39.4 Å². The fourth-order valence-corrected chi connectivity index (χ4v) is 2.94. The average Bonchev–Trinajstić information content (AvgIpc) is 2.32. The standard InChI is InChI=1S/C15H31NO4Si/c1-10(2)13(17)16-12(14(18)19-7)11(3)20-21(8,9)15(4,5)6/h10-12H,1-9H3,(H,16,17)/t11-,12-/m1/s1. The maximum absolute atomic E-state index is 11.9. The van der Waals surface area contributed by atoms with Crippen molar-refractivity contribution in [2.75, 3.05) is 7.11 Å². The minimum absolute atomic E-state index is 0.0317. The van der Waals surface area contributed by atoms with Crippen molar-refractivity contribution < 1.29 is 18.8 Å². The van der Waals surface area contributed by atoms with Crippen molar-refractivity contribution in [2.24, 2.45) is 5.92 Å². The number of hydrogen-bond acceptors (Lipinski definition) is 4. The number of ether oxygens (including phenoxy) is 1. The summed E-state index contributed by atoms with van der Waals surface area (Å²) in [4.78, 5) is 23.8. The molecule has 0 heterocycles. The lowest BCUT2D eigenvalue weighted by Gasteiger charge is -2.40. The van der Waals surface area contributed by atoms with E-state index in [2.05, 4.69) is 39.2 Å². The zero-order valence-corrected chi connectivity index (χ0v) is 15.9. The molecule has 0 saturated carbocycles. The molecule has 0 aromatic heterocycles. The monoisotopic (exact) mass is 317 g/mol. The van der Waals surface area contributed by atoms with Crippen LogP contribution in [0.4, 0.5) is 0 Å². The zero-order valence-electron chi connectivity index (χ0n) is 14.9. The molecule has 0 fully saturated rings. The highest BCUT2D eigenvalue weighted by atomic mass is 28.4. The Hall–Kier alpha value is -0.883. The number of rotatable bonds is 6. The number of hydrogen-bond donors (Lipinski definition) is 1. The van der Waals surface area contributed by atoms with Crippen LogP contribution in [0, 0.1) is 5.92 Å². The van der Waals surface area contributed by atoms with Crippen LogP contribution < -0.4 is 5.32 Å². The molecule has 0 radical (unpaired) electrons. The Balaban J connectivity index is 5.10. The molecule has 1 amide bonds.